The van der Waals surface area contributed by atoms with Crippen LogP contribution in [0.1, 0.15) is 42.6 Å². The van der Waals surface area contributed by atoms with Gasteiger partial charge in [0.25, 0.3) is 5.69 Å². The summed E-state index contributed by atoms with van der Waals surface area (Å²) in [4.78, 5) is 40.9. The summed E-state index contributed by atoms with van der Waals surface area (Å²) in [5.74, 6) is -0.599. The van der Waals surface area contributed by atoms with Gasteiger partial charge in [-0.1, -0.05) is 25.1 Å². The molecule has 222 valence electrons. The zero-order chi connectivity index (χ0) is 30.0. The zero-order valence-electron chi connectivity index (χ0n) is 24.1. The van der Waals surface area contributed by atoms with Gasteiger partial charge in [-0.3, -0.25) is 19.8 Å². The molecule has 11 heteroatoms. The number of nitro groups is 1. The van der Waals surface area contributed by atoms with E-state index < -0.39 is 52.0 Å². The highest BCUT2D eigenvalue weighted by Gasteiger charge is 2.78. The fourth-order valence-corrected chi connectivity index (χ4v) is 8.59. The number of esters is 2. The van der Waals surface area contributed by atoms with Gasteiger partial charge in [0.05, 0.1) is 23.6 Å². The Labute approximate surface area is 243 Å². The van der Waals surface area contributed by atoms with Gasteiger partial charge < -0.3 is 24.2 Å². The first-order chi connectivity index (χ1) is 20.0. The number of rotatable bonds is 7. The predicted octanol–water partition coefficient (Wildman–Crippen LogP) is 3.23. The maximum atomic E-state index is 13.2. The van der Waals surface area contributed by atoms with Gasteiger partial charge in [-0.25, -0.2) is 4.79 Å². The van der Waals surface area contributed by atoms with Crippen LogP contribution >= 0.6 is 0 Å². The van der Waals surface area contributed by atoms with E-state index in [1.54, 1.807) is 7.11 Å². The topological polar surface area (TPSA) is 132 Å². The fraction of sp³-hybridized carbons (Fsp3) is 0.484. The van der Waals surface area contributed by atoms with E-state index >= 15 is 0 Å². The zero-order valence-corrected chi connectivity index (χ0v) is 24.1. The van der Waals surface area contributed by atoms with Crippen molar-refractivity contribution < 1.29 is 33.8 Å². The summed E-state index contributed by atoms with van der Waals surface area (Å²) in [5, 5.41) is 24.1. The summed E-state index contributed by atoms with van der Waals surface area (Å²) in [6.07, 6.45) is 4.46. The Morgan fingerprint density at radius 3 is 2.55 bits per heavy atom. The Bertz CT molecular complexity index is 1480. The van der Waals surface area contributed by atoms with Crippen molar-refractivity contribution in [2.45, 2.75) is 55.9 Å². The van der Waals surface area contributed by atoms with Gasteiger partial charge in [-0.15, -0.1) is 0 Å². The van der Waals surface area contributed by atoms with Crippen LogP contribution in [0.25, 0.3) is 0 Å². The molecule has 4 aliphatic rings. The summed E-state index contributed by atoms with van der Waals surface area (Å²) in [6.45, 7) is 4.44. The van der Waals surface area contributed by atoms with E-state index in [1.165, 1.54) is 31.2 Å². The molecule has 6 rings (SSSR count). The van der Waals surface area contributed by atoms with Gasteiger partial charge in [0, 0.05) is 61.3 Å². The van der Waals surface area contributed by atoms with Gasteiger partial charge in [0.15, 0.2) is 5.60 Å². The highest BCUT2D eigenvalue weighted by molar-refractivity contribution is 5.89. The van der Waals surface area contributed by atoms with E-state index in [-0.39, 0.29) is 17.3 Å². The number of hydrogen-bond acceptors (Lipinski definition) is 10. The van der Waals surface area contributed by atoms with Crippen LogP contribution in [-0.4, -0.2) is 84.5 Å². The standard InChI is InChI=1S/C31H35N3O8/c1-5-29-13-6-15-33-16-14-30(26(29)33)23-12-11-22(40-4)17-24(23)32(3)27(30)31(37,28(29)42-19(2)35)18-41-25(36)20-7-9-21(10-8-20)34(38)39/h6-13,17,26-28,37H,5,14-16,18H2,1-4H3/t26?,27-,28-,29-,30-,31?/m1/s1. The van der Waals surface area contributed by atoms with Crippen molar-refractivity contribution in [1.82, 2.24) is 4.90 Å². The molecule has 3 heterocycles. The number of non-ortho nitro benzene ring substituents is 1. The molecule has 0 radical (unpaired) electrons. The SMILES string of the molecule is CC[C@]12C=CCN3CC[C@@]4(c5ccc(OC)cc5N(C)[C@H]4C(O)(COC(=O)c4ccc([N+](=O)[O-])cc4)[C@@H]1OC(C)=O)C32. The van der Waals surface area contributed by atoms with Crippen LogP contribution in [0.15, 0.2) is 54.6 Å². The molecule has 0 bridgehead atoms. The van der Waals surface area contributed by atoms with Crippen LogP contribution in [0.5, 0.6) is 5.75 Å². The third-order valence-electron chi connectivity index (χ3n) is 9.96. The molecule has 2 aromatic rings. The van der Waals surface area contributed by atoms with Crippen LogP contribution in [-0.2, 0) is 19.7 Å². The molecule has 6 atom stereocenters. The lowest BCUT2D eigenvalue weighted by atomic mass is 9.48. The van der Waals surface area contributed by atoms with Crippen LogP contribution < -0.4 is 9.64 Å². The number of hydrogen-bond donors (Lipinski definition) is 1. The lowest BCUT2D eigenvalue weighted by Gasteiger charge is -2.64. The maximum Gasteiger partial charge on any atom is 0.338 e. The second kappa shape index (κ2) is 9.81. The van der Waals surface area contributed by atoms with E-state index in [1.807, 2.05) is 31.0 Å². The second-order valence-electron chi connectivity index (χ2n) is 11.8. The Morgan fingerprint density at radius 2 is 1.90 bits per heavy atom. The third-order valence-corrected chi connectivity index (χ3v) is 9.96. The van der Waals surface area contributed by atoms with Crippen molar-refractivity contribution in [3.8, 4) is 5.75 Å². The number of likely N-dealkylation sites (N-methyl/N-ethyl adjacent to an activating group) is 1. The normalized spacial score (nSPS) is 32.5. The molecule has 42 heavy (non-hydrogen) atoms. The molecular formula is C31H35N3O8. The quantitative estimate of drug-likeness (QED) is 0.226. The summed E-state index contributed by atoms with van der Waals surface area (Å²) in [6, 6.07) is 10.4. The number of methoxy groups -OCH3 is 1. The first kappa shape index (κ1) is 28.2. The van der Waals surface area contributed by atoms with Crippen molar-refractivity contribution in [2.24, 2.45) is 5.41 Å². The average Bonchev–Trinajstić information content (AvgIpc) is 3.50. The monoisotopic (exact) mass is 577 g/mol. The van der Waals surface area contributed by atoms with Crippen LogP contribution in [0.4, 0.5) is 11.4 Å². The minimum absolute atomic E-state index is 0.0860. The second-order valence-corrected chi connectivity index (χ2v) is 11.8. The number of nitro benzene ring substituents is 1. The van der Waals surface area contributed by atoms with Crippen molar-refractivity contribution >= 4 is 23.3 Å². The lowest BCUT2D eigenvalue weighted by molar-refractivity contribution is -0.384. The Kier molecular flexibility index (Phi) is 6.58. The van der Waals surface area contributed by atoms with Crippen molar-refractivity contribution in [2.75, 3.05) is 38.8 Å². The molecule has 1 aliphatic carbocycles. The molecule has 0 aromatic heterocycles. The van der Waals surface area contributed by atoms with Crippen molar-refractivity contribution in [1.29, 1.82) is 0 Å². The molecule has 2 aromatic carbocycles. The van der Waals surface area contributed by atoms with Gasteiger partial charge in [-0.2, -0.15) is 0 Å². The van der Waals surface area contributed by atoms with Crippen LogP contribution in [0, 0.1) is 15.5 Å². The van der Waals surface area contributed by atoms with Gasteiger partial charge in [0.1, 0.15) is 18.5 Å². The third kappa shape index (κ3) is 3.72. The largest absolute Gasteiger partial charge is 0.497 e. The van der Waals surface area contributed by atoms with E-state index in [0.717, 1.165) is 30.8 Å². The van der Waals surface area contributed by atoms with Gasteiger partial charge >= 0.3 is 11.9 Å². The van der Waals surface area contributed by atoms with Crippen LogP contribution in [0.3, 0.4) is 0 Å². The first-order valence-electron chi connectivity index (χ1n) is 14.2. The molecule has 1 spiro atoms. The first-order valence-corrected chi connectivity index (χ1v) is 14.2. The van der Waals surface area contributed by atoms with E-state index in [4.69, 9.17) is 14.2 Å². The summed E-state index contributed by atoms with van der Waals surface area (Å²) < 4.78 is 17.5. The Balaban J connectivity index is 1.50. The predicted molar refractivity (Wildman–Crippen MR) is 153 cm³/mol. The lowest BCUT2D eigenvalue weighted by Crippen LogP contribution is -2.80. The smallest absolute Gasteiger partial charge is 0.338 e. The maximum absolute atomic E-state index is 13.2. The minimum Gasteiger partial charge on any atom is -0.497 e. The molecule has 0 amide bonds. The molecule has 1 N–H and O–H groups in total. The average molecular weight is 578 g/mol. The molecule has 3 aliphatic heterocycles. The summed E-state index contributed by atoms with van der Waals surface area (Å²) in [7, 11) is 3.52. The summed E-state index contributed by atoms with van der Waals surface area (Å²) >= 11 is 0. The molecule has 2 fully saturated rings. The number of carbonyl (C=O) groups is 2. The molecule has 1 saturated carbocycles. The number of benzene rings is 2. The number of anilines is 1. The van der Waals surface area contributed by atoms with Gasteiger partial charge in [0.2, 0.25) is 0 Å². The van der Waals surface area contributed by atoms with E-state index in [0.29, 0.717) is 12.2 Å². The highest BCUT2D eigenvalue weighted by atomic mass is 16.6. The minimum atomic E-state index is -1.83. The molecule has 2 unspecified atom stereocenters. The fourth-order valence-electron chi connectivity index (χ4n) is 8.59. The number of carbonyl (C=O) groups excluding carboxylic acids is 2. The van der Waals surface area contributed by atoms with Crippen LogP contribution in [0.2, 0.25) is 0 Å². The van der Waals surface area contributed by atoms with Gasteiger partial charge in [-0.05, 0) is 43.1 Å². The Hall–Kier alpha value is -3.96. The molecule has 11 nitrogen and oxygen atoms in total. The van der Waals surface area contributed by atoms with Crippen molar-refractivity contribution in [3.63, 3.8) is 0 Å². The molecule has 1 saturated heterocycles. The number of aliphatic hydroxyl groups is 1. The Morgan fingerprint density at radius 1 is 1.17 bits per heavy atom. The van der Waals surface area contributed by atoms with Crippen molar-refractivity contribution in [3.05, 3.63) is 75.9 Å². The van der Waals surface area contributed by atoms with E-state index in [9.17, 15) is 24.8 Å². The number of ether oxygens (including phenoxy) is 3. The molecular weight excluding hydrogens is 542 g/mol. The summed E-state index contributed by atoms with van der Waals surface area (Å²) in [5.41, 5.74) is -1.22. The highest BCUT2D eigenvalue weighted by Crippen LogP contribution is 2.67. The number of fused-ring (bicyclic) bond motifs is 1. The number of nitrogens with zero attached hydrogens (tertiary/aromatic N) is 3. The van der Waals surface area contributed by atoms with E-state index in [2.05, 4.69) is 23.1 Å².